The number of halogens is 2. The third-order valence-corrected chi connectivity index (χ3v) is 5.19. The normalized spacial score (nSPS) is 10.6. The van der Waals surface area contributed by atoms with Crippen LogP contribution in [0.15, 0.2) is 42.5 Å². The number of nitrogens with zero attached hydrogens (tertiary/aromatic N) is 3. The highest BCUT2D eigenvalue weighted by atomic mass is 35.5. The van der Waals surface area contributed by atoms with E-state index in [0.717, 1.165) is 17.2 Å². The molecule has 11 heteroatoms. The molecule has 0 bridgehead atoms. The molecular weight excluding hydrogens is 459 g/mol. The Labute approximate surface area is 193 Å². The molecule has 0 spiro atoms. The van der Waals surface area contributed by atoms with Gasteiger partial charge in [0.15, 0.2) is 6.61 Å². The fourth-order valence-electron chi connectivity index (χ4n) is 2.89. The fourth-order valence-corrected chi connectivity index (χ4v) is 3.39. The molecule has 0 radical (unpaired) electrons. The number of nitro benzene ring substituents is 1. The van der Waals surface area contributed by atoms with Crippen molar-refractivity contribution in [3.63, 3.8) is 0 Å². The molecule has 3 aromatic rings. The molecule has 0 atom stereocenters. The summed E-state index contributed by atoms with van der Waals surface area (Å²) in [5.41, 5.74) is 2.28. The Morgan fingerprint density at radius 1 is 1.16 bits per heavy atom. The van der Waals surface area contributed by atoms with Crippen LogP contribution in [0.25, 0.3) is 0 Å². The Morgan fingerprint density at radius 2 is 1.84 bits per heavy atom. The van der Waals surface area contributed by atoms with Gasteiger partial charge in [0.05, 0.1) is 17.2 Å². The van der Waals surface area contributed by atoms with E-state index in [1.165, 1.54) is 16.8 Å². The van der Waals surface area contributed by atoms with Gasteiger partial charge in [0, 0.05) is 11.8 Å². The second-order valence-electron chi connectivity index (χ2n) is 6.94. The van der Waals surface area contributed by atoms with E-state index in [1.807, 2.05) is 31.2 Å². The van der Waals surface area contributed by atoms with Crippen molar-refractivity contribution in [1.29, 1.82) is 0 Å². The quantitative estimate of drug-likeness (QED) is 0.303. The van der Waals surface area contributed by atoms with Gasteiger partial charge >= 0.3 is 5.97 Å². The molecule has 0 fully saturated rings. The van der Waals surface area contributed by atoms with Crippen molar-refractivity contribution in [1.82, 2.24) is 9.78 Å². The number of aryl methyl sites for hydroxylation is 2. The zero-order chi connectivity index (χ0) is 23.4. The summed E-state index contributed by atoms with van der Waals surface area (Å²) < 4.78 is 6.53. The number of ether oxygens (including phenoxy) is 1. The number of esters is 1. The van der Waals surface area contributed by atoms with E-state index < -0.39 is 23.4 Å². The fraction of sp³-hybridized carbons (Fsp3) is 0.190. The molecule has 166 valence electrons. The number of hydrogen-bond donors (Lipinski definition) is 1. The average Bonchev–Trinajstić information content (AvgIpc) is 3.02. The minimum Gasteiger partial charge on any atom is -0.452 e. The SMILES string of the molecule is Cc1ccc(Cn2nc(C)c(C(=O)OCC(=O)Nc3ccc(Cl)c([N+](=O)[O-])c3)c2Cl)cc1. The monoisotopic (exact) mass is 476 g/mol. The van der Waals surface area contributed by atoms with Gasteiger partial charge in [-0.15, -0.1) is 0 Å². The number of rotatable bonds is 7. The lowest BCUT2D eigenvalue weighted by atomic mass is 10.1. The molecule has 9 nitrogen and oxygen atoms in total. The van der Waals surface area contributed by atoms with Crippen LogP contribution >= 0.6 is 23.2 Å². The molecule has 0 saturated carbocycles. The van der Waals surface area contributed by atoms with Crippen LogP contribution in [0.5, 0.6) is 0 Å². The van der Waals surface area contributed by atoms with E-state index in [1.54, 1.807) is 6.92 Å². The summed E-state index contributed by atoms with van der Waals surface area (Å²) in [5, 5.41) is 17.7. The maximum atomic E-state index is 12.5. The average molecular weight is 477 g/mol. The minimum atomic E-state index is -0.806. The third-order valence-electron chi connectivity index (χ3n) is 4.48. The summed E-state index contributed by atoms with van der Waals surface area (Å²) in [4.78, 5) is 34.9. The van der Waals surface area contributed by atoms with Crippen LogP contribution in [0.2, 0.25) is 10.2 Å². The highest BCUT2D eigenvalue weighted by molar-refractivity contribution is 6.33. The number of carbonyl (C=O) groups excluding carboxylic acids is 2. The Morgan fingerprint density at radius 3 is 2.50 bits per heavy atom. The number of carbonyl (C=O) groups is 2. The lowest BCUT2D eigenvalue weighted by Gasteiger charge is -2.07. The van der Waals surface area contributed by atoms with Crippen LogP contribution in [0, 0.1) is 24.0 Å². The molecule has 1 amide bonds. The van der Waals surface area contributed by atoms with Crippen molar-refractivity contribution < 1.29 is 19.2 Å². The van der Waals surface area contributed by atoms with Crippen molar-refractivity contribution in [3.05, 3.63) is 85.1 Å². The summed E-state index contributed by atoms with van der Waals surface area (Å²) in [6.45, 7) is 3.34. The number of anilines is 1. The van der Waals surface area contributed by atoms with E-state index >= 15 is 0 Å². The number of benzene rings is 2. The Kier molecular flexibility index (Phi) is 7.12. The highest BCUT2D eigenvalue weighted by Crippen LogP contribution is 2.27. The van der Waals surface area contributed by atoms with Crippen LogP contribution in [-0.2, 0) is 16.1 Å². The Hall–Kier alpha value is -3.43. The highest BCUT2D eigenvalue weighted by Gasteiger charge is 2.23. The summed E-state index contributed by atoms with van der Waals surface area (Å²) in [5.74, 6) is -1.49. The van der Waals surface area contributed by atoms with Crippen LogP contribution < -0.4 is 5.32 Å². The maximum Gasteiger partial charge on any atom is 0.343 e. The molecule has 1 N–H and O–H groups in total. The lowest BCUT2D eigenvalue weighted by molar-refractivity contribution is -0.384. The van der Waals surface area contributed by atoms with Gasteiger partial charge in [-0.25, -0.2) is 9.48 Å². The molecule has 0 aliphatic rings. The van der Waals surface area contributed by atoms with Gasteiger partial charge < -0.3 is 10.1 Å². The van der Waals surface area contributed by atoms with Crippen LogP contribution in [-0.4, -0.2) is 33.2 Å². The number of nitro groups is 1. The van der Waals surface area contributed by atoms with E-state index in [9.17, 15) is 19.7 Å². The van der Waals surface area contributed by atoms with E-state index in [-0.39, 0.29) is 27.1 Å². The third kappa shape index (κ3) is 5.43. The smallest absolute Gasteiger partial charge is 0.343 e. The molecule has 0 aliphatic heterocycles. The molecule has 32 heavy (non-hydrogen) atoms. The van der Waals surface area contributed by atoms with Crippen molar-refractivity contribution in [2.75, 3.05) is 11.9 Å². The predicted octanol–water partition coefficient (Wildman–Crippen LogP) is 4.56. The van der Waals surface area contributed by atoms with Crippen LogP contribution in [0.3, 0.4) is 0 Å². The van der Waals surface area contributed by atoms with E-state index in [4.69, 9.17) is 27.9 Å². The van der Waals surface area contributed by atoms with Crippen LogP contribution in [0.4, 0.5) is 11.4 Å². The van der Waals surface area contributed by atoms with Gasteiger partial charge in [-0.3, -0.25) is 14.9 Å². The summed E-state index contributed by atoms with van der Waals surface area (Å²) in [6.07, 6.45) is 0. The first kappa shape index (κ1) is 23.2. The molecular formula is C21H18Cl2N4O5. The second-order valence-corrected chi connectivity index (χ2v) is 7.71. The van der Waals surface area contributed by atoms with Crippen molar-refractivity contribution in [2.45, 2.75) is 20.4 Å². The molecule has 3 rings (SSSR count). The van der Waals surface area contributed by atoms with Gasteiger partial charge in [0.1, 0.15) is 15.7 Å². The molecule has 2 aromatic carbocycles. The molecule has 0 aliphatic carbocycles. The number of aromatic nitrogens is 2. The molecule has 1 aromatic heterocycles. The van der Waals surface area contributed by atoms with Crippen LogP contribution in [0.1, 0.15) is 27.2 Å². The van der Waals surface area contributed by atoms with Gasteiger partial charge in [-0.1, -0.05) is 53.0 Å². The topological polar surface area (TPSA) is 116 Å². The lowest BCUT2D eigenvalue weighted by Crippen LogP contribution is -2.21. The van der Waals surface area contributed by atoms with Gasteiger partial charge in [-0.05, 0) is 31.5 Å². The number of nitrogens with one attached hydrogen (secondary N) is 1. The van der Waals surface area contributed by atoms with Gasteiger partial charge in [-0.2, -0.15) is 5.10 Å². The first-order valence-electron chi connectivity index (χ1n) is 9.35. The zero-order valence-corrected chi connectivity index (χ0v) is 18.6. The minimum absolute atomic E-state index is 0.0628. The molecule has 1 heterocycles. The van der Waals surface area contributed by atoms with Crippen molar-refractivity contribution in [3.8, 4) is 0 Å². The second kappa shape index (κ2) is 9.80. The molecule has 0 unspecified atom stereocenters. The zero-order valence-electron chi connectivity index (χ0n) is 17.1. The van der Waals surface area contributed by atoms with Crippen molar-refractivity contribution in [2.24, 2.45) is 0 Å². The predicted molar refractivity (Wildman–Crippen MR) is 119 cm³/mol. The first-order chi connectivity index (χ1) is 15.2. The van der Waals surface area contributed by atoms with Gasteiger partial charge in [0.25, 0.3) is 11.6 Å². The van der Waals surface area contributed by atoms with Crippen molar-refractivity contribution >= 4 is 46.5 Å². The standard InChI is InChI=1S/C21H18Cl2N4O5/c1-12-3-5-14(6-4-12)10-26-20(23)19(13(2)25-26)21(29)32-11-18(28)24-15-7-8-16(22)17(9-15)27(30)31/h3-9H,10-11H2,1-2H3,(H,24,28). The molecule has 0 saturated heterocycles. The van der Waals surface area contributed by atoms with Gasteiger partial charge in [0.2, 0.25) is 0 Å². The van der Waals surface area contributed by atoms with E-state index in [0.29, 0.717) is 12.2 Å². The largest absolute Gasteiger partial charge is 0.452 e. The number of amides is 1. The summed E-state index contributed by atoms with van der Waals surface area (Å²) in [6, 6.07) is 11.6. The summed E-state index contributed by atoms with van der Waals surface area (Å²) in [7, 11) is 0. The summed E-state index contributed by atoms with van der Waals surface area (Å²) >= 11 is 12.1. The Bertz CT molecular complexity index is 1190. The first-order valence-corrected chi connectivity index (χ1v) is 10.1. The number of hydrogen-bond acceptors (Lipinski definition) is 6. The maximum absolute atomic E-state index is 12.5. The Balaban J connectivity index is 1.64. The van der Waals surface area contributed by atoms with E-state index in [2.05, 4.69) is 10.4 Å².